The van der Waals surface area contributed by atoms with Crippen LogP contribution >= 0.6 is 11.8 Å². The molecule has 1 aliphatic carbocycles. The van der Waals surface area contributed by atoms with Crippen LogP contribution in [0.2, 0.25) is 0 Å². The molecular weight excluding hydrogens is 566 g/mol. The zero-order valence-electron chi connectivity index (χ0n) is 24.5. The molecule has 1 aliphatic rings. The average molecular weight is 600 g/mol. The molecule has 0 unspecified atom stereocenters. The van der Waals surface area contributed by atoms with Gasteiger partial charge in [-0.15, -0.1) is 11.8 Å². The number of hydrogen-bond donors (Lipinski definition) is 2. The number of carbonyl (C=O) groups excluding carboxylic acids is 3. The van der Waals surface area contributed by atoms with Gasteiger partial charge in [-0.05, 0) is 86.2 Å². The quantitative estimate of drug-likeness (QED) is 0.142. The summed E-state index contributed by atoms with van der Waals surface area (Å²) in [6.07, 6.45) is 5.85. The van der Waals surface area contributed by atoms with Crippen LogP contribution in [0, 0.1) is 6.92 Å². The lowest BCUT2D eigenvalue weighted by Gasteiger charge is -2.15. The number of amides is 2. The summed E-state index contributed by atoms with van der Waals surface area (Å²) in [5.41, 5.74) is 6.43. The molecule has 0 radical (unpaired) electrons. The first-order valence-corrected chi connectivity index (χ1v) is 15.8. The molecule has 0 bridgehead atoms. The van der Waals surface area contributed by atoms with Gasteiger partial charge in [0.15, 0.2) is 0 Å². The number of fused-ring (bicyclic) bond motifs is 3. The molecule has 2 N–H and O–H groups in total. The number of hydrogen-bond acceptors (Lipinski definition) is 4. The summed E-state index contributed by atoms with van der Waals surface area (Å²) < 4.78 is 1.92. The van der Waals surface area contributed by atoms with Gasteiger partial charge in [-0.3, -0.25) is 19.0 Å². The van der Waals surface area contributed by atoms with Gasteiger partial charge in [0.05, 0.1) is 11.3 Å². The van der Waals surface area contributed by atoms with E-state index < -0.39 is 5.91 Å². The van der Waals surface area contributed by atoms with E-state index in [0.29, 0.717) is 11.3 Å². The van der Waals surface area contributed by atoms with E-state index in [9.17, 15) is 14.4 Å². The molecule has 44 heavy (non-hydrogen) atoms. The Morgan fingerprint density at radius 2 is 1.61 bits per heavy atom. The maximum atomic E-state index is 13.6. The number of nitrogens with zero attached hydrogens (tertiary/aromatic N) is 1. The van der Waals surface area contributed by atoms with Gasteiger partial charge in [0.1, 0.15) is 5.70 Å². The minimum atomic E-state index is -0.445. The highest BCUT2D eigenvalue weighted by atomic mass is 32.2. The Labute approximate surface area is 261 Å². The van der Waals surface area contributed by atoms with E-state index in [4.69, 9.17) is 0 Å². The standard InChI is InChI=1S/C37H33N3O3S/c1-25-11-9-12-26(21-25)22-32(39-36(42)27-13-3-2-4-14-27)37(43)38-28-15-10-16-29(23-28)44-24-35(41)40-33-19-7-5-17-30(33)31-18-6-8-20-34(31)40/h2-5,7,9-17,19,21-23H,6,8,18,20,24H2,1H3,(H,38,43)(H,39,42)/b32-22-. The monoisotopic (exact) mass is 599 g/mol. The average Bonchev–Trinajstić information content (AvgIpc) is 3.38. The fraction of sp³-hybridized carbons (Fsp3) is 0.162. The number of aryl methyl sites for hydroxylation is 2. The topological polar surface area (TPSA) is 80.2 Å². The predicted molar refractivity (Wildman–Crippen MR) is 178 cm³/mol. The summed E-state index contributed by atoms with van der Waals surface area (Å²) in [4.78, 5) is 40.9. The van der Waals surface area contributed by atoms with Crippen LogP contribution in [0.1, 0.15) is 50.4 Å². The third kappa shape index (κ3) is 6.53. The van der Waals surface area contributed by atoms with E-state index >= 15 is 0 Å². The van der Waals surface area contributed by atoms with Crippen molar-refractivity contribution in [3.63, 3.8) is 0 Å². The molecule has 2 amide bonds. The molecule has 220 valence electrons. The fourth-order valence-corrected chi connectivity index (χ4v) is 6.53. The fourth-order valence-electron chi connectivity index (χ4n) is 5.72. The molecule has 0 aliphatic heterocycles. The molecule has 7 heteroatoms. The van der Waals surface area contributed by atoms with Crippen LogP contribution in [0.4, 0.5) is 5.69 Å². The molecule has 4 aromatic carbocycles. The van der Waals surface area contributed by atoms with Gasteiger partial charge < -0.3 is 10.6 Å². The van der Waals surface area contributed by atoms with E-state index in [1.54, 1.807) is 36.4 Å². The number of rotatable bonds is 8. The molecule has 6 nitrogen and oxygen atoms in total. The molecule has 5 aromatic rings. The Bertz CT molecular complexity index is 1890. The van der Waals surface area contributed by atoms with Crippen LogP contribution in [0.25, 0.3) is 17.0 Å². The van der Waals surface area contributed by atoms with Crippen molar-refractivity contribution in [1.82, 2.24) is 9.88 Å². The molecule has 0 saturated carbocycles. The zero-order valence-corrected chi connectivity index (χ0v) is 25.3. The normalized spacial score (nSPS) is 12.9. The van der Waals surface area contributed by atoms with Gasteiger partial charge in [-0.1, -0.05) is 72.3 Å². The molecule has 6 rings (SSSR count). The van der Waals surface area contributed by atoms with Gasteiger partial charge in [-0.2, -0.15) is 0 Å². The molecule has 0 spiro atoms. The summed E-state index contributed by atoms with van der Waals surface area (Å²) in [7, 11) is 0. The van der Waals surface area contributed by atoms with E-state index in [2.05, 4.69) is 16.7 Å². The van der Waals surface area contributed by atoms with E-state index in [0.717, 1.165) is 52.9 Å². The highest BCUT2D eigenvalue weighted by Crippen LogP contribution is 2.33. The van der Waals surface area contributed by atoms with Gasteiger partial charge in [0.2, 0.25) is 5.91 Å². The highest BCUT2D eigenvalue weighted by molar-refractivity contribution is 8.00. The predicted octanol–water partition coefficient (Wildman–Crippen LogP) is 7.67. The molecule has 0 fully saturated rings. The summed E-state index contributed by atoms with van der Waals surface area (Å²) in [5, 5.41) is 6.90. The number of carbonyl (C=O) groups is 3. The summed E-state index contributed by atoms with van der Waals surface area (Å²) in [6, 6.07) is 32.1. The van der Waals surface area contributed by atoms with Crippen molar-refractivity contribution in [3.05, 3.63) is 137 Å². The van der Waals surface area contributed by atoms with Crippen molar-refractivity contribution in [2.45, 2.75) is 37.5 Å². The number of para-hydroxylation sites is 1. The molecular formula is C37H33N3O3S. The molecule has 0 atom stereocenters. The van der Waals surface area contributed by atoms with Gasteiger partial charge in [0.25, 0.3) is 11.8 Å². The van der Waals surface area contributed by atoms with Crippen molar-refractivity contribution in [2.75, 3.05) is 11.1 Å². The Balaban J connectivity index is 1.19. The van der Waals surface area contributed by atoms with Crippen molar-refractivity contribution in [2.24, 2.45) is 0 Å². The van der Waals surface area contributed by atoms with Gasteiger partial charge in [0, 0.05) is 27.2 Å². The number of nitrogens with one attached hydrogen (secondary N) is 2. The minimum absolute atomic E-state index is 0.0517. The SMILES string of the molecule is Cc1cccc(/C=C(\NC(=O)c2ccccc2)C(=O)Nc2cccc(SCC(=O)n3c4c(c5ccccc53)CCCC4)c2)c1. The largest absolute Gasteiger partial charge is 0.321 e. The third-order valence-corrected chi connectivity index (χ3v) is 8.74. The second kappa shape index (κ2) is 13.2. The lowest BCUT2D eigenvalue weighted by molar-refractivity contribution is -0.113. The van der Waals surface area contributed by atoms with Crippen LogP contribution in [0.3, 0.4) is 0 Å². The number of aromatic nitrogens is 1. The third-order valence-electron chi connectivity index (χ3n) is 7.76. The summed E-state index contributed by atoms with van der Waals surface area (Å²) in [5.74, 6) is -0.494. The van der Waals surface area contributed by atoms with E-state index in [1.807, 2.05) is 78.2 Å². The molecule has 1 heterocycles. The Kier molecular flexibility index (Phi) is 8.75. The van der Waals surface area contributed by atoms with E-state index in [-0.39, 0.29) is 23.3 Å². The Hall–Kier alpha value is -4.88. The van der Waals surface area contributed by atoms with Crippen LogP contribution < -0.4 is 10.6 Å². The minimum Gasteiger partial charge on any atom is -0.321 e. The number of thioether (sulfide) groups is 1. The Morgan fingerprint density at radius 3 is 2.45 bits per heavy atom. The van der Waals surface area contributed by atoms with Gasteiger partial charge in [-0.25, -0.2) is 0 Å². The van der Waals surface area contributed by atoms with Gasteiger partial charge >= 0.3 is 0 Å². The second-order valence-electron chi connectivity index (χ2n) is 10.9. The summed E-state index contributed by atoms with van der Waals surface area (Å²) in [6.45, 7) is 1.97. The second-order valence-corrected chi connectivity index (χ2v) is 12.0. The molecule has 1 aromatic heterocycles. The maximum Gasteiger partial charge on any atom is 0.272 e. The van der Waals surface area contributed by atoms with Crippen molar-refractivity contribution in [1.29, 1.82) is 0 Å². The first kappa shape index (κ1) is 29.2. The Morgan fingerprint density at radius 1 is 0.841 bits per heavy atom. The smallest absolute Gasteiger partial charge is 0.272 e. The molecule has 0 saturated heterocycles. The maximum absolute atomic E-state index is 13.6. The first-order valence-electron chi connectivity index (χ1n) is 14.8. The lowest BCUT2D eigenvalue weighted by atomic mass is 9.96. The van der Waals surface area contributed by atoms with E-state index in [1.165, 1.54) is 22.7 Å². The van der Waals surface area contributed by atoms with Crippen molar-refractivity contribution < 1.29 is 14.4 Å². The van der Waals surface area contributed by atoms with Crippen LogP contribution in [0.5, 0.6) is 0 Å². The van der Waals surface area contributed by atoms with Crippen LogP contribution in [0.15, 0.2) is 114 Å². The number of benzene rings is 4. The lowest BCUT2D eigenvalue weighted by Crippen LogP contribution is -2.30. The van der Waals surface area contributed by atoms with Crippen LogP contribution in [-0.2, 0) is 17.6 Å². The van der Waals surface area contributed by atoms with Crippen molar-refractivity contribution in [3.8, 4) is 0 Å². The highest BCUT2D eigenvalue weighted by Gasteiger charge is 2.23. The summed E-state index contributed by atoms with van der Waals surface area (Å²) >= 11 is 1.44. The zero-order chi connectivity index (χ0) is 30.5. The number of anilines is 1. The first-order chi connectivity index (χ1) is 21.5. The van der Waals surface area contributed by atoms with Crippen molar-refractivity contribution >= 4 is 52.1 Å². The van der Waals surface area contributed by atoms with Crippen LogP contribution in [-0.4, -0.2) is 28.0 Å².